The van der Waals surface area contributed by atoms with Crippen LogP contribution in [0.2, 0.25) is 0 Å². The second kappa shape index (κ2) is 14.6. The van der Waals surface area contributed by atoms with E-state index < -0.39 is 29.2 Å². The first-order valence-corrected chi connectivity index (χ1v) is 15.2. The summed E-state index contributed by atoms with van der Waals surface area (Å²) in [5, 5.41) is 30.9. The molecule has 3 aromatic rings. The van der Waals surface area contributed by atoms with E-state index in [4.69, 9.17) is 15.0 Å². The number of benzene rings is 2. The molecule has 0 saturated heterocycles. The number of halogens is 2. The minimum atomic E-state index is -2.01. The molecule has 232 valence electrons. The fraction of sp³-hybridized carbons (Fsp3) is 0.387. The number of aliphatic imine (C=N–C) groups is 1. The number of quaternary nitrogens is 1. The van der Waals surface area contributed by atoms with Gasteiger partial charge in [-0.2, -0.15) is 10.3 Å². The Morgan fingerprint density at radius 2 is 1.98 bits per heavy atom. The van der Waals surface area contributed by atoms with Crippen LogP contribution in [0.1, 0.15) is 42.8 Å². The third-order valence-electron chi connectivity index (χ3n) is 7.76. The summed E-state index contributed by atoms with van der Waals surface area (Å²) < 4.78 is 34.9. The summed E-state index contributed by atoms with van der Waals surface area (Å²) in [5.41, 5.74) is -0.356. The molecule has 1 amide bonds. The quantitative estimate of drug-likeness (QED) is 0.248. The molecule has 1 aliphatic rings. The van der Waals surface area contributed by atoms with Crippen LogP contribution >= 0.6 is 11.3 Å². The Kier molecular flexibility index (Phi) is 10.9. The van der Waals surface area contributed by atoms with Gasteiger partial charge in [-0.15, -0.1) is 15.9 Å². The van der Waals surface area contributed by atoms with Crippen LogP contribution < -0.4 is 5.32 Å². The number of carbonyl (C=O) groups excluding carboxylic acids is 1. The number of likely N-dealkylation sites (N-methyl/N-ethyl adjacent to an activating group) is 1. The van der Waals surface area contributed by atoms with Gasteiger partial charge < -0.3 is 20.1 Å². The highest BCUT2D eigenvalue weighted by atomic mass is 32.1. The van der Waals surface area contributed by atoms with E-state index in [1.807, 2.05) is 19.2 Å². The molecule has 3 atom stereocenters. The van der Waals surface area contributed by atoms with Crippen LogP contribution in [0.3, 0.4) is 0 Å². The van der Waals surface area contributed by atoms with E-state index in [9.17, 15) is 14.3 Å². The average Bonchev–Trinajstić information content (AvgIpc) is 3.71. The molecule has 44 heavy (non-hydrogen) atoms. The molecule has 2 heterocycles. The smallest absolute Gasteiger partial charge is 0.407 e. The predicted octanol–water partition coefficient (Wildman–Crippen LogP) is 4.82. The third-order valence-corrected chi connectivity index (χ3v) is 8.79. The molecule has 2 aromatic carbocycles. The number of nitriles is 1. The van der Waals surface area contributed by atoms with Gasteiger partial charge in [-0.3, -0.25) is 0 Å². The lowest BCUT2D eigenvalue weighted by Crippen LogP contribution is -2.54. The highest BCUT2D eigenvalue weighted by Gasteiger charge is 2.49. The zero-order valence-electron chi connectivity index (χ0n) is 24.9. The molecular formula is C31H36F2N7O3S+. The maximum Gasteiger partial charge on any atom is 0.407 e. The molecule has 1 aliphatic heterocycles. The molecule has 2 N–H and O–H groups in total. The van der Waals surface area contributed by atoms with Gasteiger partial charge in [0.1, 0.15) is 31.3 Å². The first-order chi connectivity index (χ1) is 21.1. The molecule has 0 radical (unpaired) electrons. The zero-order chi connectivity index (χ0) is 31.7. The Morgan fingerprint density at radius 3 is 2.64 bits per heavy atom. The predicted molar refractivity (Wildman–Crippen MR) is 165 cm³/mol. The fourth-order valence-corrected chi connectivity index (χ4v) is 6.01. The van der Waals surface area contributed by atoms with Crippen LogP contribution in [-0.4, -0.2) is 84.2 Å². The Labute approximate surface area is 259 Å². The number of amides is 1. The molecular weight excluding hydrogens is 588 g/mol. The van der Waals surface area contributed by atoms with E-state index in [0.717, 1.165) is 36.9 Å². The van der Waals surface area contributed by atoms with E-state index in [2.05, 4.69) is 26.4 Å². The van der Waals surface area contributed by atoms with Crippen molar-refractivity contribution in [3.05, 3.63) is 75.6 Å². The van der Waals surface area contributed by atoms with E-state index in [1.54, 1.807) is 31.2 Å². The van der Waals surface area contributed by atoms with Crippen LogP contribution in [0, 0.1) is 23.0 Å². The minimum absolute atomic E-state index is 0.0728. The first kappa shape index (κ1) is 32.8. The van der Waals surface area contributed by atoms with Crippen LogP contribution in [0.25, 0.3) is 11.3 Å². The Morgan fingerprint density at radius 1 is 1.23 bits per heavy atom. The second-order valence-electron chi connectivity index (χ2n) is 10.5. The number of nitrogens with zero attached hydrogens (tertiary/aromatic N) is 6. The fourth-order valence-electron chi connectivity index (χ4n) is 5.04. The number of nitrogens with one attached hydrogen (secondary N) is 1. The standard InChI is InChI=1S/C31H35F2N7O3S/c1-4-39(5-2)13-12-36-30(41)43-15-14-40(21-35-20-37-40)19-31(42,26-16-25(32)10-11-27(26)33)22(3)29-38-28(18-44-29)24-8-6-23(17-34)7-9-24/h6-11,16,18,20-22,42H,4-5,12-15,19H2,1-3H3/p+1/t22-,31+,40?/m0/s1. The van der Waals surface area contributed by atoms with Crippen molar-refractivity contribution in [1.29, 1.82) is 5.26 Å². The van der Waals surface area contributed by atoms with Crippen molar-refractivity contribution in [3.8, 4) is 17.3 Å². The maximum absolute atomic E-state index is 15.3. The molecule has 0 bridgehead atoms. The normalized spacial score (nSPS) is 17.8. The van der Waals surface area contributed by atoms with Crippen LogP contribution in [0.4, 0.5) is 13.6 Å². The lowest BCUT2D eigenvalue weighted by Gasteiger charge is -2.38. The van der Waals surface area contributed by atoms with Gasteiger partial charge in [0.2, 0.25) is 6.34 Å². The van der Waals surface area contributed by atoms with Gasteiger partial charge in [-0.05, 0) is 43.4 Å². The van der Waals surface area contributed by atoms with Crippen LogP contribution in [0.5, 0.6) is 0 Å². The summed E-state index contributed by atoms with van der Waals surface area (Å²) in [6, 6.07) is 11.9. The number of hydrogen-bond donors (Lipinski definition) is 2. The van der Waals surface area contributed by atoms with Crippen molar-refractivity contribution in [1.82, 2.24) is 15.2 Å². The average molecular weight is 625 g/mol. The largest absolute Gasteiger partial charge is 0.443 e. The number of thiazole rings is 1. The first-order valence-electron chi connectivity index (χ1n) is 14.3. The highest BCUT2D eigenvalue weighted by Crippen LogP contribution is 2.42. The Balaban J connectivity index is 1.56. The highest BCUT2D eigenvalue weighted by molar-refractivity contribution is 7.10. The maximum atomic E-state index is 15.3. The number of ether oxygens (including phenoxy) is 1. The van der Waals surface area contributed by atoms with Gasteiger partial charge >= 0.3 is 6.09 Å². The third kappa shape index (κ3) is 7.70. The number of aromatic nitrogens is 1. The molecule has 1 aromatic heterocycles. The van der Waals surface area contributed by atoms with Gasteiger partial charge in [0, 0.05) is 35.5 Å². The Bertz CT molecular complexity index is 1520. The monoisotopic (exact) mass is 624 g/mol. The lowest BCUT2D eigenvalue weighted by atomic mass is 9.81. The van der Waals surface area contributed by atoms with Gasteiger partial charge in [-0.25, -0.2) is 18.6 Å². The van der Waals surface area contributed by atoms with Gasteiger partial charge in [0.05, 0.1) is 22.3 Å². The minimum Gasteiger partial charge on any atom is -0.443 e. The van der Waals surface area contributed by atoms with Gasteiger partial charge in [-0.1, -0.05) is 38.0 Å². The van der Waals surface area contributed by atoms with Gasteiger partial charge in [0.15, 0.2) is 11.9 Å². The molecule has 0 aliphatic carbocycles. The summed E-state index contributed by atoms with van der Waals surface area (Å²) in [6.45, 7) is 8.41. The number of carbonyl (C=O) groups is 1. The summed E-state index contributed by atoms with van der Waals surface area (Å²) in [4.78, 5) is 23.3. The number of aliphatic hydroxyl groups is 1. The SMILES string of the molecule is CCN(CC)CCNC(=O)OCC[N+]1(C[C@](O)(c2cc(F)ccc2F)[C@@H](C)c2nc(-c3ccc(C#N)cc3)cs2)C=NC=N1. The topological polar surface area (TPSA) is 123 Å². The van der Waals surface area contributed by atoms with E-state index >= 15 is 4.39 Å². The number of rotatable bonds is 14. The summed E-state index contributed by atoms with van der Waals surface area (Å²) in [5.74, 6) is -2.31. The summed E-state index contributed by atoms with van der Waals surface area (Å²) in [7, 11) is 0. The zero-order valence-corrected chi connectivity index (χ0v) is 25.7. The molecule has 0 saturated carbocycles. The second-order valence-corrected chi connectivity index (χ2v) is 11.4. The Hall–Kier alpha value is -4.09. The molecule has 0 fully saturated rings. The molecule has 10 nitrogen and oxygen atoms in total. The van der Waals surface area contributed by atoms with Crippen molar-refractivity contribution in [2.45, 2.75) is 32.3 Å². The van der Waals surface area contributed by atoms with Crippen LogP contribution in [0.15, 0.2) is 57.9 Å². The number of hydrogen-bond acceptors (Lipinski definition) is 9. The molecule has 13 heteroatoms. The van der Waals surface area contributed by atoms with Crippen molar-refractivity contribution < 1.29 is 28.0 Å². The lowest BCUT2D eigenvalue weighted by molar-refractivity contribution is -0.848. The summed E-state index contributed by atoms with van der Waals surface area (Å²) in [6.07, 6.45) is 2.19. The van der Waals surface area contributed by atoms with E-state index in [-0.39, 0.29) is 29.9 Å². The van der Waals surface area contributed by atoms with Crippen molar-refractivity contribution in [3.63, 3.8) is 0 Å². The van der Waals surface area contributed by atoms with E-state index in [0.29, 0.717) is 29.4 Å². The molecule has 1 unspecified atom stereocenters. The van der Waals surface area contributed by atoms with Crippen molar-refractivity contribution in [2.24, 2.45) is 10.1 Å². The van der Waals surface area contributed by atoms with Crippen molar-refractivity contribution >= 4 is 30.1 Å². The molecule has 0 spiro atoms. The van der Waals surface area contributed by atoms with Crippen LogP contribution in [-0.2, 0) is 10.3 Å². The molecule has 4 rings (SSSR count). The van der Waals surface area contributed by atoms with Gasteiger partial charge in [0.25, 0.3) is 0 Å². The number of alkyl carbamates (subject to hydrolysis) is 1. The van der Waals surface area contributed by atoms with E-state index in [1.165, 1.54) is 24.0 Å². The van der Waals surface area contributed by atoms with Crippen molar-refractivity contribution in [2.75, 3.05) is 45.9 Å². The summed E-state index contributed by atoms with van der Waals surface area (Å²) >= 11 is 1.27.